The Kier molecular flexibility index (Phi) is 11.4. The van der Waals surface area contributed by atoms with Gasteiger partial charge in [-0.2, -0.15) is 0 Å². The van der Waals surface area contributed by atoms with E-state index in [1.54, 1.807) is 25.6 Å². The fourth-order valence-corrected chi connectivity index (χ4v) is 4.66. The minimum Gasteiger partial charge on any atom is -0.287 e. The van der Waals surface area contributed by atoms with Gasteiger partial charge < -0.3 is 0 Å². The number of thioether (sulfide) groups is 4. The summed E-state index contributed by atoms with van der Waals surface area (Å²) >= 11 is 5.03. The van der Waals surface area contributed by atoms with Crippen LogP contribution in [0.15, 0.2) is 24.3 Å². The first-order valence-corrected chi connectivity index (χ1v) is 10.3. The van der Waals surface area contributed by atoms with E-state index in [-0.39, 0.29) is 21.3 Å². The zero-order valence-corrected chi connectivity index (χ0v) is 15.7. The van der Waals surface area contributed by atoms with E-state index in [0.717, 1.165) is 23.5 Å². The highest BCUT2D eigenvalue weighted by Gasteiger charge is 2.15. The molecule has 0 aromatic heterocycles. The van der Waals surface area contributed by atoms with Crippen molar-refractivity contribution in [2.75, 3.05) is 15.9 Å². The van der Waals surface area contributed by atoms with Gasteiger partial charge in [-0.3, -0.25) is 14.4 Å². The van der Waals surface area contributed by atoms with Crippen LogP contribution >= 0.6 is 47.0 Å². The van der Waals surface area contributed by atoms with Crippen molar-refractivity contribution in [2.24, 2.45) is 5.92 Å². The first-order chi connectivity index (χ1) is 9.75. The van der Waals surface area contributed by atoms with E-state index < -0.39 is 0 Å². The molecule has 0 aromatic rings. The molecular weight excluding hydrogens is 344 g/mol. The summed E-state index contributed by atoms with van der Waals surface area (Å²) in [5.41, 5.74) is 1.04. The molecule has 0 aromatic carbocycles. The van der Waals surface area contributed by atoms with Crippen molar-refractivity contribution < 1.29 is 14.4 Å². The molecule has 0 amide bonds. The quantitative estimate of drug-likeness (QED) is 0.345. The Morgan fingerprint density at radius 1 is 0.905 bits per heavy atom. The molecule has 0 aliphatic rings. The fourth-order valence-electron chi connectivity index (χ4n) is 0.918. The third-order valence-electron chi connectivity index (χ3n) is 2.13. The molecule has 0 radical (unpaired) electrons. The van der Waals surface area contributed by atoms with Gasteiger partial charge in [0.2, 0.25) is 10.2 Å². The Balaban J connectivity index is 3.80. The van der Waals surface area contributed by atoms with E-state index in [0.29, 0.717) is 27.1 Å². The number of carbonyl (C=O) groups is 3. The van der Waals surface area contributed by atoms with E-state index >= 15 is 0 Å². The van der Waals surface area contributed by atoms with Crippen molar-refractivity contribution in [1.29, 1.82) is 0 Å². The van der Waals surface area contributed by atoms with Crippen molar-refractivity contribution in [2.45, 2.75) is 20.8 Å². The number of carbonyl (C=O) groups excluding carboxylic acids is 3. The molecule has 21 heavy (non-hydrogen) atoms. The first-order valence-electron chi connectivity index (χ1n) is 6.15. The van der Waals surface area contributed by atoms with Crippen molar-refractivity contribution in [3.05, 3.63) is 24.3 Å². The Bertz CT molecular complexity index is 432. The molecule has 3 nitrogen and oxygen atoms in total. The average Bonchev–Trinajstić information content (AvgIpc) is 2.42. The van der Waals surface area contributed by atoms with Gasteiger partial charge >= 0.3 is 0 Å². The van der Waals surface area contributed by atoms with Crippen LogP contribution in [-0.4, -0.2) is 31.3 Å². The zero-order chi connectivity index (χ0) is 16.4. The SMILES string of the molecule is C=C(C)C(=O)SCSCC(C)C(=O)SCSC(=O)C(=C)C. The van der Waals surface area contributed by atoms with Crippen LogP contribution in [0.25, 0.3) is 0 Å². The lowest BCUT2D eigenvalue weighted by molar-refractivity contribution is -0.113. The molecule has 0 rings (SSSR count). The summed E-state index contributed by atoms with van der Waals surface area (Å²) in [7, 11) is 0. The van der Waals surface area contributed by atoms with Crippen LogP contribution in [-0.2, 0) is 14.4 Å². The maximum Gasteiger partial charge on any atom is 0.215 e. The molecule has 1 atom stereocenters. The van der Waals surface area contributed by atoms with Gasteiger partial charge in [0, 0.05) is 16.8 Å². The predicted octanol–water partition coefficient (Wildman–Crippen LogP) is 4.20. The summed E-state index contributed by atoms with van der Waals surface area (Å²) in [6.45, 7) is 12.3. The van der Waals surface area contributed by atoms with E-state index in [4.69, 9.17) is 0 Å². The third kappa shape index (κ3) is 10.3. The van der Waals surface area contributed by atoms with E-state index in [1.807, 2.05) is 6.92 Å². The zero-order valence-electron chi connectivity index (χ0n) is 12.5. The minimum absolute atomic E-state index is 0.00874. The van der Waals surface area contributed by atoms with Crippen LogP contribution in [0, 0.1) is 5.92 Å². The minimum atomic E-state index is -0.0962. The number of hydrogen-bond donors (Lipinski definition) is 0. The van der Waals surface area contributed by atoms with Crippen molar-refractivity contribution in [3.8, 4) is 0 Å². The van der Waals surface area contributed by atoms with Gasteiger partial charge in [0.25, 0.3) is 0 Å². The maximum atomic E-state index is 11.8. The highest BCUT2D eigenvalue weighted by atomic mass is 32.2. The summed E-state index contributed by atoms with van der Waals surface area (Å²) in [5, 5.41) is 1.03. The monoisotopic (exact) mass is 364 g/mol. The molecule has 0 heterocycles. The Hall–Kier alpha value is -0.110. The molecule has 0 aliphatic carbocycles. The lowest BCUT2D eigenvalue weighted by Gasteiger charge is -2.09. The van der Waals surface area contributed by atoms with Gasteiger partial charge in [-0.1, -0.05) is 55.4 Å². The normalized spacial score (nSPS) is 11.8. The molecular formula is C14H20O3S4. The van der Waals surface area contributed by atoms with Gasteiger partial charge in [0.1, 0.15) is 0 Å². The molecule has 1 unspecified atom stereocenters. The van der Waals surface area contributed by atoms with E-state index in [2.05, 4.69) is 13.2 Å². The Morgan fingerprint density at radius 3 is 1.86 bits per heavy atom. The molecule has 0 bridgehead atoms. The largest absolute Gasteiger partial charge is 0.287 e. The number of hydrogen-bond acceptors (Lipinski definition) is 7. The van der Waals surface area contributed by atoms with Crippen LogP contribution in [0.3, 0.4) is 0 Å². The predicted molar refractivity (Wildman–Crippen MR) is 98.8 cm³/mol. The summed E-state index contributed by atoms with van der Waals surface area (Å²) in [6.07, 6.45) is 0. The number of rotatable bonds is 9. The second-order valence-electron chi connectivity index (χ2n) is 4.40. The average molecular weight is 365 g/mol. The maximum absolute atomic E-state index is 11.8. The Morgan fingerprint density at radius 2 is 1.38 bits per heavy atom. The van der Waals surface area contributed by atoms with Gasteiger partial charge in [-0.05, 0) is 25.0 Å². The second kappa shape index (κ2) is 11.5. The molecule has 118 valence electrons. The van der Waals surface area contributed by atoms with Crippen LogP contribution in [0.1, 0.15) is 20.8 Å². The molecule has 0 saturated carbocycles. The molecule has 7 heteroatoms. The highest BCUT2D eigenvalue weighted by molar-refractivity contribution is 8.29. The molecule has 0 N–H and O–H groups in total. The lowest BCUT2D eigenvalue weighted by atomic mass is 10.2. The lowest BCUT2D eigenvalue weighted by Crippen LogP contribution is -2.10. The van der Waals surface area contributed by atoms with Crippen LogP contribution in [0.2, 0.25) is 0 Å². The van der Waals surface area contributed by atoms with Gasteiger partial charge in [0.15, 0.2) is 5.12 Å². The van der Waals surface area contributed by atoms with Crippen molar-refractivity contribution in [3.63, 3.8) is 0 Å². The molecule has 0 aliphatic heterocycles. The Labute approximate surface area is 143 Å². The van der Waals surface area contributed by atoms with Crippen LogP contribution in [0.4, 0.5) is 0 Å². The fraction of sp³-hybridized carbons (Fsp3) is 0.500. The first kappa shape index (κ1) is 20.9. The van der Waals surface area contributed by atoms with Gasteiger partial charge in [-0.25, -0.2) is 0 Å². The molecule has 0 spiro atoms. The van der Waals surface area contributed by atoms with Crippen molar-refractivity contribution in [1.82, 2.24) is 0 Å². The summed E-state index contributed by atoms with van der Waals surface area (Å²) in [5.74, 6) is 0.572. The summed E-state index contributed by atoms with van der Waals surface area (Å²) < 4.78 is 0. The third-order valence-corrected chi connectivity index (χ3v) is 6.86. The standard InChI is InChI=1S/C14H20O3S4/c1-9(2)12(15)19-7-18-6-11(5)14(17)21-8-20-13(16)10(3)4/h11H,1,3,6-8H2,2,4-5H3. The van der Waals surface area contributed by atoms with E-state index in [1.165, 1.54) is 11.8 Å². The second-order valence-corrected chi connectivity index (χ2v) is 9.03. The summed E-state index contributed by atoms with van der Waals surface area (Å²) in [4.78, 5) is 34.5. The van der Waals surface area contributed by atoms with Gasteiger partial charge in [-0.15, -0.1) is 11.8 Å². The smallest absolute Gasteiger partial charge is 0.215 e. The van der Waals surface area contributed by atoms with Crippen LogP contribution < -0.4 is 0 Å². The van der Waals surface area contributed by atoms with E-state index in [9.17, 15) is 14.4 Å². The highest BCUT2D eigenvalue weighted by Crippen LogP contribution is 2.23. The topological polar surface area (TPSA) is 51.2 Å². The molecule has 0 fully saturated rings. The van der Waals surface area contributed by atoms with Gasteiger partial charge in [0.05, 0.1) is 5.08 Å². The molecule has 0 saturated heterocycles. The van der Waals surface area contributed by atoms with Crippen molar-refractivity contribution >= 4 is 62.4 Å². The summed E-state index contributed by atoms with van der Waals surface area (Å²) in [6, 6.07) is 0. The van der Waals surface area contributed by atoms with Crippen LogP contribution in [0.5, 0.6) is 0 Å².